The monoisotopic (exact) mass is 251 g/mol. The Balaban J connectivity index is 2.90. The summed E-state index contributed by atoms with van der Waals surface area (Å²) in [6.45, 7) is 7.89. The first-order valence-electron chi connectivity index (χ1n) is 6.36. The topological polar surface area (TPSA) is 20.3 Å². The highest BCUT2D eigenvalue weighted by molar-refractivity contribution is 5.94. The lowest BCUT2D eigenvalue weighted by Gasteiger charge is -2.26. The molecule has 1 atom stereocenters. The first kappa shape index (κ1) is 14.7. The minimum Gasteiger partial charge on any atom is -0.339 e. The minimum atomic E-state index is -0.411. The van der Waals surface area contributed by atoms with Crippen LogP contribution in [0.5, 0.6) is 0 Å². The third-order valence-electron chi connectivity index (χ3n) is 3.22. The van der Waals surface area contributed by atoms with Gasteiger partial charge in [0, 0.05) is 13.1 Å². The zero-order valence-corrected chi connectivity index (χ0v) is 11.8. The summed E-state index contributed by atoms with van der Waals surface area (Å²) in [5.74, 6) is -0.145. The largest absolute Gasteiger partial charge is 0.339 e. The van der Waals surface area contributed by atoms with Crippen molar-refractivity contribution >= 4 is 5.91 Å². The fourth-order valence-electron chi connectivity index (χ4n) is 2.04. The number of carbonyl (C=O) groups excluding carboxylic acids is 1. The second kappa shape index (κ2) is 5.98. The molecule has 0 radical (unpaired) electrons. The van der Waals surface area contributed by atoms with Crippen LogP contribution in [0.3, 0.4) is 0 Å². The Labute approximate surface area is 109 Å². The molecule has 0 saturated carbocycles. The highest BCUT2D eigenvalue weighted by atomic mass is 19.1. The van der Waals surface area contributed by atoms with Crippen LogP contribution in [0.2, 0.25) is 0 Å². The second-order valence-corrected chi connectivity index (χ2v) is 5.33. The van der Waals surface area contributed by atoms with Gasteiger partial charge in [0.2, 0.25) is 0 Å². The van der Waals surface area contributed by atoms with E-state index in [0.29, 0.717) is 11.5 Å². The molecule has 100 valence electrons. The van der Waals surface area contributed by atoms with Gasteiger partial charge in [-0.05, 0) is 37.8 Å². The first-order chi connectivity index (χ1) is 8.34. The van der Waals surface area contributed by atoms with Crippen LogP contribution in [0, 0.1) is 18.7 Å². The Morgan fingerprint density at radius 1 is 1.33 bits per heavy atom. The van der Waals surface area contributed by atoms with Crippen LogP contribution in [-0.4, -0.2) is 23.9 Å². The number of aryl methyl sites for hydroxylation is 1. The summed E-state index contributed by atoms with van der Waals surface area (Å²) in [5.41, 5.74) is 0.666. The molecule has 0 bridgehead atoms. The third-order valence-corrected chi connectivity index (χ3v) is 3.22. The van der Waals surface area contributed by atoms with E-state index >= 15 is 0 Å². The first-order valence-corrected chi connectivity index (χ1v) is 6.36. The molecule has 1 aromatic rings. The van der Waals surface area contributed by atoms with E-state index in [0.717, 1.165) is 6.42 Å². The van der Waals surface area contributed by atoms with Crippen LogP contribution in [-0.2, 0) is 0 Å². The zero-order valence-electron chi connectivity index (χ0n) is 11.8. The zero-order chi connectivity index (χ0) is 13.9. The summed E-state index contributed by atoms with van der Waals surface area (Å²) < 4.78 is 13.9. The Bertz CT molecular complexity index is 429. The van der Waals surface area contributed by atoms with Crippen molar-refractivity contribution in [2.45, 2.75) is 40.2 Å². The average Bonchev–Trinajstić information content (AvgIpc) is 2.30. The van der Waals surface area contributed by atoms with E-state index in [1.54, 1.807) is 37.1 Å². The van der Waals surface area contributed by atoms with Crippen molar-refractivity contribution in [2.75, 3.05) is 7.05 Å². The SMILES string of the molecule is Cc1cccc(C(=O)N(C)C(C)CC(C)C)c1F. The highest BCUT2D eigenvalue weighted by Crippen LogP contribution is 2.17. The van der Waals surface area contributed by atoms with Crippen molar-refractivity contribution in [3.8, 4) is 0 Å². The van der Waals surface area contributed by atoms with E-state index in [4.69, 9.17) is 0 Å². The summed E-state index contributed by atoms with van der Waals surface area (Å²) in [4.78, 5) is 13.8. The lowest BCUT2D eigenvalue weighted by atomic mass is 10.0. The van der Waals surface area contributed by atoms with Gasteiger partial charge in [0.05, 0.1) is 5.56 Å². The fourth-order valence-corrected chi connectivity index (χ4v) is 2.04. The van der Waals surface area contributed by atoms with Gasteiger partial charge >= 0.3 is 0 Å². The van der Waals surface area contributed by atoms with E-state index < -0.39 is 5.82 Å². The van der Waals surface area contributed by atoms with Crippen LogP contribution < -0.4 is 0 Å². The maximum absolute atomic E-state index is 13.9. The Morgan fingerprint density at radius 3 is 2.50 bits per heavy atom. The standard InChI is InChI=1S/C15H22FNO/c1-10(2)9-12(4)17(5)15(18)13-8-6-7-11(3)14(13)16/h6-8,10,12H,9H2,1-5H3. The van der Waals surface area contributed by atoms with E-state index in [2.05, 4.69) is 13.8 Å². The maximum atomic E-state index is 13.9. The molecule has 0 aliphatic rings. The predicted molar refractivity (Wildman–Crippen MR) is 72.1 cm³/mol. The van der Waals surface area contributed by atoms with Crippen LogP contribution in [0.4, 0.5) is 4.39 Å². The van der Waals surface area contributed by atoms with E-state index in [-0.39, 0.29) is 17.5 Å². The van der Waals surface area contributed by atoms with Gasteiger partial charge in [0.25, 0.3) is 5.91 Å². The van der Waals surface area contributed by atoms with Gasteiger partial charge in [-0.2, -0.15) is 0 Å². The van der Waals surface area contributed by atoms with E-state index in [1.807, 2.05) is 6.92 Å². The van der Waals surface area contributed by atoms with Gasteiger partial charge in [-0.1, -0.05) is 26.0 Å². The number of hydrogen-bond donors (Lipinski definition) is 0. The van der Waals surface area contributed by atoms with Crippen molar-refractivity contribution in [1.82, 2.24) is 4.90 Å². The number of benzene rings is 1. The predicted octanol–water partition coefficient (Wildman–Crippen LogP) is 3.64. The number of nitrogens with zero attached hydrogens (tertiary/aromatic N) is 1. The van der Waals surface area contributed by atoms with Crippen LogP contribution >= 0.6 is 0 Å². The average molecular weight is 251 g/mol. The smallest absolute Gasteiger partial charge is 0.256 e. The lowest BCUT2D eigenvalue weighted by Crippen LogP contribution is -2.36. The van der Waals surface area contributed by atoms with Crippen molar-refractivity contribution < 1.29 is 9.18 Å². The third kappa shape index (κ3) is 3.31. The summed E-state index contributed by atoms with van der Waals surface area (Å²) in [7, 11) is 1.73. The van der Waals surface area contributed by atoms with Gasteiger partial charge in [-0.25, -0.2) is 4.39 Å². The molecular weight excluding hydrogens is 229 g/mol. The highest BCUT2D eigenvalue weighted by Gasteiger charge is 2.21. The number of amides is 1. The maximum Gasteiger partial charge on any atom is 0.256 e. The summed E-state index contributed by atoms with van der Waals surface area (Å²) in [6.07, 6.45) is 0.912. The molecule has 0 aromatic heterocycles. The number of halogens is 1. The number of carbonyl (C=O) groups is 1. The summed E-state index contributed by atoms with van der Waals surface area (Å²) >= 11 is 0. The van der Waals surface area contributed by atoms with E-state index in [9.17, 15) is 9.18 Å². The molecule has 2 nitrogen and oxygen atoms in total. The molecule has 1 unspecified atom stereocenters. The van der Waals surface area contributed by atoms with Gasteiger partial charge in [0.15, 0.2) is 0 Å². The molecule has 1 aromatic carbocycles. The van der Waals surface area contributed by atoms with Gasteiger partial charge in [-0.3, -0.25) is 4.79 Å². The van der Waals surface area contributed by atoms with Gasteiger partial charge < -0.3 is 4.90 Å². The molecule has 18 heavy (non-hydrogen) atoms. The second-order valence-electron chi connectivity index (χ2n) is 5.33. The summed E-state index contributed by atoms with van der Waals surface area (Å²) in [5, 5.41) is 0. The molecular formula is C15H22FNO. The lowest BCUT2D eigenvalue weighted by molar-refractivity contribution is 0.0723. The molecule has 0 N–H and O–H groups in total. The van der Waals surface area contributed by atoms with Crippen LogP contribution in [0.1, 0.15) is 43.1 Å². The van der Waals surface area contributed by atoms with Crippen molar-refractivity contribution in [3.05, 3.63) is 35.1 Å². The molecule has 0 aliphatic carbocycles. The molecule has 0 aliphatic heterocycles. The van der Waals surface area contributed by atoms with Gasteiger partial charge in [-0.15, -0.1) is 0 Å². The molecule has 1 amide bonds. The van der Waals surface area contributed by atoms with E-state index in [1.165, 1.54) is 0 Å². The molecule has 0 saturated heterocycles. The quantitative estimate of drug-likeness (QED) is 0.800. The molecule has 0 heterocycles. The Kier molecular flexibility index (Phi) is 4.88. The Morgan fingerprint density at radius 2 is 1.94 bits per heavy atom. The summed E-state index contributed by atoms with van der Waals surface area (Å²) in [6, 6.07) is 5.04. The molecule has 0 spiro atoms. The Hall–Kier alpha value is -1.38. The van der Waals surface area contributed by atoms with Crippen molar-refractivity contribution in [3.63, 3.8) is 0 Å². The van der Waals surface area contributed by atoms with Gasteiger partial charge in [0.1, 0.15) is 5.82 Å². The van der Waals surface area contributed by atoms with Crippen LogP contribution in [0.25, 0.3) is 0 Å². The molecule has 0 fully saturated rings. The normalized spacial score (nSPS) is 12.6. The van der Waals surface area contributed by atoms with Crippen molar-refractivity contribution in [1.29, 1.82) is 0 Å². The number of rotatable bonds is 4. The molecule has 3 heteroatoms. The fraction of sp³-hybridized carbons (Fsp3) is 0.533. The van der Waals surface area contributed by atoms with Crippen LogP contribution in [0.15, 0.2) is 18.2 Å². The van der Waals surface area contributed by atoms with Crippen molar-refractivity contribution in [2.24, 2.45) is 5.92 Å². The molecule has 1 rings (SSSR count). The number of hydrogen-bond acceptors (Lipinski definition) is 1. The minimum absolute atomic E-state index is 0.109.